The lowest BCUT2D eigenvalue weighted by molar-refractivity contribution is 0.0966. The third-order valence-corrected chi connectivity index (χ3v) is 5.48. The molecule has 3 rings (SSSR count). The van der Waals surface area contributed by atoms with Crippen molar-refractivity contribution in [2.45, 2.75) is 20.0 Å². The Kier molecular flexibility index (Phi) is 6.17. The number of aryl methyl sites for hydroxylation is 1. The molecule has 0 aliphatic carbocycles. The Hall–Kier alpha value is -3.65. The lowest BCUT2D eigenvalue weighted by Gasteiger charge is -2.11. The van der Waals surface area contributed by atoms with Crippen LogP contribution in [0.3, 0.4) is 0 Å². The number of hydrogen-bond acceptors (Lipinski definition) is 5. The molecular formula is C22H22N4O3S. The van der Waals surface area contributed by atoms with E-state index in [0.29, 0.717) is 28.0 Å². The fraction of sp³-hybridized carbons (Fsp3) is 0.136. The first-order valence-electron chi connectivity index (χ1n) is 9.26. The van der Waals surface area contributed by atoms with Crippen LogP contribution in [0.15, 0.2) is 82.0 Å². The molecule has 0 aliphatic rings. The highest BCUT2D eigenvalue weighted by Crippen LogP contribution is 2.15. The molecular weight excluding hydrogens is 400 g/mol. The van der Waals surface area contributed by atoms with E-state index in [1.807, 2.05) is 6.92 Å². The highest BCUT2D eigenvalue weighted by molar-refractivity contribution is 7.17. The highest BCUT2D eigenvalue weighted by atomic mass is 32.1. The van der Waals surface area contributed by atoms with E-state index >= 15 is 0 Å². The quantitative estimate of drug-likeness (QED) is 0.572. The molecule has 0 fully saturated rings. The third-order valence-electron chi connectivity index (χ3n) is 4.59. The Bertz CT molecular complexity index is 1280. The predicted octanol–water partition coefficient (Wildman–Crippen LogP) is 2.57. The van der Waals surface area contributed by atoms with Gasteiger partial charge in [-0.1, -0.05) is 31.4 Å². The summed E-state index contributed by atoms with van der Waals surface area (Å²) in [7, 11) is 0. The van der Waals surface area contributed by atoms with Crippen molar-refractivity contribution in [1.82, 2.24) is 14.5 Å². The highest BCUT2D eigenvalue weighted by Gasteiger charge is 2.14. The van der Waals surface area contributed by atoms with Gasteiger partial charge in [-0.3, -0.25) is 18.7 Å². The smallest absolute Gasteiger partial charge is 0.331 e. The minimum Gasteiger partial charge on any atom is -0.398 e. The first-order chi connectivity index (χ1) is 14.4. The van der Waals surface area contributed by atoms with Gasteiger partial charge in [-0.15, -0.1) is 11.3 Å². The second-order valence-electron chi connectivity index (χ2n) is 6.55. The number of carbonyl (C=O) groups is 1. The zero-order valence-corrected chi connectivity index (χ0v) is 17.4. The van der Waals surface area contributed by atoms with Crippen LogP contribution in [0.25, 0.3) is 10.2 Å². The number of aromatic nitrogens is 2. The van der Waals surface area contributed by atoms with Crippen LogP contribution in [0, 0.1) is 0 Å². The Morgan fingerprint density at radius 1 is 1.20 bits per heavy atom. The second kappa shape index (κ2) is 8.79. The van der Waals surface area contributed by atoms with Crippen molar-refractivity contribution in [3.63, 3.8) is 0 Å². The molecule has 0 spiro atoms. The van der Waals surface area contributed by atoms with Crippen LogP contribution in [0.2, 0.25) is 0 Å². The van der Waals surface area contributed by atoms with E-state index in [1.54, 1.807) is 46.4 Å². The van der Waals surface area contributed by atoms with Crippen LogP contribution < -0.4 is 22.3 Å². The normalized spacial score (nSPS) is 11.4. The van der Waals surface area contributed by atoms with Crippen molar-refractivity contribution in [3.8, 4) is 0 Å². The maximum Gasteiger partial charge on any atom is 0.331 e. The molecule has 30 heavy (non-hydrogen) atoms. The Morgan fingerprint density at radius 3 is 2.50 bits per heavy atom. The molecule has 7 nitrogen and oxygen atoms in total. The van der Waals surface area contributed by atoms with E-state index in [1.165, 1.54) is 22.0 Å². The van der Waals surface area contributed by atoms with Crippen LogP contribution in [0.4, 0.5) is 0 Å². The summed E-state index contributed by atoms with van der Waals surface area (Å²) in [4.78, 5) is 38.0. The van der Waals surface area contributed by atoms with E-state index in [9.17, 15) is 14.4 Å². The van der Waals surface area contributed by atoms with Crippen LogP contribution in [-0.4, -0.2) is 15.0 Å². The SMILES string of the molecule is C=C/C=C(/NC(=O)c1ccc(Cn2c(=O)c3sccc3n(CC)c2=O)cc1)C(=C)N. The number of nitrogens with one attached hydrogen (secondary N) is 1. The zero-order chi connectivity index (χ0) is 21.8. The summed E-state index contributed by atoms with van der Waals surface area (Å²) >= 11 is 1.32. The Labute approximate surface area is 177 Å². The number of rotatable bonds is 7. The van der Waals surface area contributed by atoms with Gasteiger partial charge in [0.25, 0.3) is 11.5 Å². The van der Waals surface area contributed by atoms with Crippen molar-refractivity contribution in [2.75, 3.05) is 0 Å². The summed E-state index contributed by atoms with van der Waals surface area (Å²) in [6.45, 7) is 9.65. The maximum atomic E-state index is 12.8. The largest absolute Gasteiger partial charge is 0.398 e. The number of hydrogen-bond donors (Lipinski definition) is 2. The minimum absolute atomic E-state index is 0.120. The number of allylic oxidation sites excluding steroid dienone is 2. The molecule has 3 aromatic rings. The third kappa shape index (κ3) is 4.04. The number of thiophene rings is 1. The van der Waals surface area contributed by atoms with Gasteiger partial charge in [0.1, 0.15) is 4.70 Å². The average molecular weight is 423 g/mol. The van der Waals surface area contributed by atoms with E-state index < -0.39 is 0 Å². The lowest BCUT2D eigenvalue weighted by Crippen LogP contribution is -2.39. The lowest BCUT2D eigenvalue weighted by atomic mass is 10.1. The van der Waals surface area contributed by atoms with Gasteiger partial charge < -0.3 is 11.1 Å². The van der Waals surface area contributed by atoms with Crippen LogP contribution in [0.5, 0.6) is 0 Å². The summed E-state index contributed by atoms with van der Waals surface area (Å²) in [6, 6.07) is 8.47. The fourth-order valence-corrected chi connectivity index (χ4v) is 3.91. The van der Waals surface area contributed by atoms with Gasteiger partial charge in [0, 0.05) is 17.8 Å². The van der Waals surface area contributed by atoms with Crippen molar-refractivity contribution in [1.29, 1.82) is 0 Å². The summed E-state index contributed by atoms with van der Waals surface area (Å²) < 4.78 is 3.36. The Morgan fingerprint density at radius 2 is 1.90 bits per heavy atom. The number of amides is 1. The second-order valence-corrected chi connectivity index (χ2v) is 7.46. The molecule has 2 heterocycles. The Balaban J connectivity index is 1.88. The van der Waals surface area contributed by atoms with Gasteiger partial charge in [-0.25, -0.2) is 4.79 Å². The number of nitrogens with zero attached hydrogens (tertiary/aromatic N) is 2. The van der Waals surface area contributed by atoms with Crippen molar-refractivity contribution in [3.05, 3.63) is 104 Å². The van der Waals surface area contributed by atoms with E-state index in [0.717, 1.165) is 5.56 Å². The molecule has 154 valence electrons. The number of carbonyl (C=O) groups excluding carboxylic acids is 1. The molecule has 0 saturated carbocycles. The molecule has 0 radical (unpaired) electrons. The summed E-state index contributed by atoms with van der Waals surface area (Å²) in [6.07, 6.45) is 3.06. The van der Waals surface area contributed by atoms with Gasteiger partial charge in [-0.2, -0.15) is 0 Å². The number of fused-ring (bicyclic) bond motifs is 1. The molecule has 2 aromatic heterocycles. The van der Waals surface area contributed by atoms with Crippen LogP contribution >= 0.6 is 11.3 Å². The molecule has 8 heteroatoms. The van der Waals surface area contributed by atoms with Gasteiger partial charge in [0.05, 0.1) is 17.8 Å². The fourth-order valence-electron chi connectivity index (χ4n) is 3.06. The molecule has 0 aliphatic heterocycles. The molecule has 0 saturated heterocycles. The monoisotopic (exact) mass is 422 g/mol. The molecule has 1 aromatic carbocycles. The van der Waals surface area contributed by atoms with Gasteiger partial charge in [0.15, 0.2) is 0 Å². The van der Waals surface area contributed by atoms with E-state index in [2.05, 4.69) is 18.5 Å². The minimum atomic E-state index is -0.355. The zero-order valence-electron chi connectivity index (χ0n) is 16.6. The molecule has 3 N–H and O–H groups in total. The van der Waals surface area contributed by atoms with E-state index in [4.69, 9.17) is 5.73 Å². The van der Waals surface area contributed by atoms with Crippen LogP contribution in [0.1, 0.15) is 22.8 Å². The van der Waals surface area contributed by atoms with Gasteiger partial charge >= 0.3 is 5.69 Å². The maximum absolute atomic E-state index is 12.8. The summed E-state index contributed by atoms with van der Waals surface area (Å²) in [5.41, 5.74) is 7.38. The topological polar surface area (TPSA) is 99.1 Å². The van der Waals surface area contributed by atoms with E-state index in [-0.39, 0.29) is 29.4 Å². The molecule has 1 amide bonds. The average Bonchev–Trinajstić information content (AvgIpc) is 3.21. The van der Waals surface area contributed by atoms with Gasteiger partial charge in [0.2, 0.25) is 0 Å². The molecule has 0 atom stereocenters. The van der Waals surface area contributed by atoms with Crippen molar-refractivity contribution >= 4 is 27.5 Å². The summed E-state index contributed by atoms with van der Waals surface area (Å²) in [5.74, 6) is -0.355. The first-order valence-corrected chi connectivity index (χ1v) is 10.1. The van der Waals surface area contributed by atoms with Gasteiger partial charge in [-0.05, 0) is 42.1 Å². The number of nitrogens with two attached hydrogens (primary N) is 1. The molecule has 0 unspecified atom stereocenters. The predicted molar refractivity (Wildman–Crippen MR) is 121 cm³/mol. The first kappa shape index (κ1) is 21.1. The van der Waals surface area contributed by atoms with Crippen molar-refractivity contribution < 1.29 is 4.79 Å². The standard InChI is InChI=1S/C22H22N4O3S/c1-4-6-17(14(3)23)24-20(27)16-9-7-15(8-10-16)13-26-21(28)19-18(11-12-30-19)25(5-2)22(26)29/h4,6-12H,1,3,5,13,23H2,2H3,(H,24,27)/b17-6+. The van der Waals surface area contributed by atoms with Crippen molar-refractivity contribution in [2.24, 2.45) is 5.73 Å². The molecule has 0 bridgehead atoms. The number of benzene rings is 1. The van der Waals surface area contributed by atoms with Crippen LogP contribution in [-0.2, 0) is 13.1 Å². The summed E-state index contributed by atoms with van der Waals surface area (Å²) in [5, 5.41) is 4.48.